The van der Waals surface area contributed by atoms with Crippen molar-refractivity contribution in [2.45, 2.75) is 0 Å². The van der Waals surface area contributed by atoms with Gasteiger partial charge in [0.05, 0.1) is 0 Å². The van der Waals surface area contributed by atoms with Crippen LogP contribution in [0.2, 0.25) is 0 Å². The Balaban J connectivity index is -0.0000000369. The Morgan fingerprint density at radius 1 is 0.412 bits per heavy atom. The minimum atomic E-state index is -2.67. The molecular weight excluding hydrogens is 258 g/mol. The van der Waals surface area contributed by atoms with Crippen LogP contribution < -0.4 is 0 Å². The van der Waals surface area contributed by atoms with Crippen molar-refractivity contribution in [2.75, 3.05) is 0 Å². The maximum absolute atomic E-state index is 10.1. The third-order valence-corrected chi connectivity index (χ3v) is 0. The first-order valence-electron chi connectivity index (χ1n) is 2.94. The van der Waals surface area contributed by atoms with Gasteiger partial charge in [0.1, 0.15) is 0 Å². The van der Waals surface area contributed by atoms with Crippen LogP contribution in [0.15, 0.2) is 0 Å². The molecule has 0 heterocycles. The highest BCUT2D eigenvalue weighted by atomic mass is 19.1. The van der Waals surface area contributed by atoms with Crippen molar-refractivity contribution in [3.63, 3.8) is 0 Å². The Morgan fingerprint density at radius 2 is 0.412 bits per heavy atom. The smallest absolute Gasteiger partial charge is 0.398 e. The lowest BCUT2D eigenvalue weighted by Crippen LogP contribution is -1.98. The zero-order valence-corrected chi connectivity index (χ0v) is 7.98. The largest absolute Gasteiger partial charge is 0.674 e. The van der Waals surface area contributed by atoms with Crippen LogP contribution in [0, 0.1) is 0 Å². The molecule has 0 spiro atoms. The van der Waals surface area contributed by atoms with Crippen molar-refractivity contribution in [3.05, 3.63) is 0 Å². The Bertz CT molecular complexity index is 68.9. The summed E-state index contributed by atoms with van der Waals surface area (Å²) in [7, 11) is -10.7. The fourth-order valence-corrected chi connectivity index (χ4v) is 0. The van der Waals surface area contributed by atoms with Crippen LogP contribution in [0.5, 0.6) is 0 Å². The highest BCUT2D eigenvalue weighted by Gasteiger charge is 1.98. The molecular formula is H8B5F4O8. The lowest BCUT2D eigenvalue weighted by molar-refractivity contribution is 0.338. The van der Waals surface area contributed by atoms with Gasteiger partial charge in [-0.15, -0.1) is 0 Å². The number of hydrogen-bond acceptors (Lipinski definition) is 8. The maximum atomic E-state index is 10.1. The van der Waals surface area contributed by atoms with E-state index in [0.29, 0.717) is 0 Å². The molecule has 0 amide bonds. The Kier molecular flexibility index (Phi) is 43.9. The molecule has 8 N–H and O–H groups in total. The molecule has 0 aromatic rings. The Hall–Kier alpha value is -0.275. The number of hydrogen-bond donors (Lipinski definition) is 8. The molecule has 0 aliphatic heterocycles. The summed E-state index contributed by atoms with van der Waals surface area (Å²) in [6, 6.07) is 0. The normalized spacial score (nSPS) is 6.35. The van der Waals surface area contributed by atoms with E-state index in [9.17, 15) is 17.3 Å². The molecule has 8 nitrogen and oxygen atoms in total. The van der Waals surface area contributed by atoms with Gasteiger partial charge in [-0.3, -0.25) is 17.3 Å². The van der Waals surface area contributed by atoms with Crippen molar-refractivity contribution >= 4 is 38.0 Å². The predicted octanol–water partition coefficient (Wildman–Crippen LogP) is -4.68. The zero-order valence-electron chi connectivity index (χ0n) is 7.98. The lowest BCUT2D eigenvalue weighted by atomic mass is 10.3. The summed E-state index contributed by atoms with van der Waals surface area (Å²) in [5, 5.41) is 55.6. The van der Waals surface area contributed by atoms with Gasteiger partial charge >= 0.3 is 29.6 Å². The average Bonchev–Trinajstić information content (AvgIpc) is 1.76. The fourth-order valence-electron chi connectivity index (χ4n) is 0. The van der Waals surface area contributed by atoms with Crippen molar-refractivity contribution in [3.8, 4) is 0 Å². The van der Waals surface area contributed by atoms with Gasteiger partial charge in [-0.05, 0) is 0 Å². The quantitative estimate of drug-likeness (QED) is 0.160. The van der Waals surface area contributed by atoms with E-state index in [-0.39, 0.29) is 8.41 Å². The van der Waals surface area contributed by atoms with Crippen LogP contribution in [0.3, 0.4) is 0 Å². The summed E-state index contributed by atoms with van der Waals surface area (Å²) in [6.07, 6.45) is 0. The van der Waals surface area contributed by atoms with Crippen LogP contribution in [0.4, 0.5) is 17.3 Å². The molecule has 0 aliphatic rings. The molecule has 0 aromatic carbocycles. The number of halogens is 4. The third-order valence-electron chi connectivity index (χ3n) is 0. The zero-order chi connectivity index (χ0) is 14.3. The predicted molar refractivity (Wildman–Crippen MR) is 51.0 cm³/mol. The Labute approximate surface area is 96.5 Å². The van der Waals surface area contributed by atoms with Gasteiger partial charge in [-0.2, -0.15) is 0 Å². The first-order chi connectivity index (χ1) is 6.93. The van der Waals surface area contributed by atoms with Crippen LogP contribution in [-0.4, -0.2) is 78.2 Å². The third kappa shape index (κ3) is 39100. The molecule has 3 radical (unpaired) electrons. The second kappa shape index (κ2) is 24.8. The van der Waals surface area contributed by atoms with Gasteiger partial charge in [-0.1, -0.05) is 0 Å². The van der Waals surface area contributed by atoms with E-state index in [4.69, 9.17) is 40.2 Å². The topological polar surface area (TPSA) is 162 Å². The standard InChI is InChI=1S/4BFH2O2.B/c4*2-1(3)4;/h4*3-4H;. The van der Waals surface area contributed by atoms with E-state index in [2.05, 4.69) is 0 Å². The van der Waals surface area contributed by atoms with Crippen molar-refractivity contribution in [2.24, 2.45) is 0 Å². The molecule has 0 unspecified atom stereocenters. The van der Waals surface area contributed by atoms with Gasteiger partial charge in [0.15, 0.2) is 0 Å². The SMILES string of the molecule is OB(O)F.OB(O)F.OB(O)F.OB(O)F.[B]. The molecule has 17 heavy (non-hydrogen) atoms. The van der Waals surface area contributed by atoms with Crippen molar-refractivity contribution < 1.29 is 57.5 Å². The average molecular weight is 266 g/mol. The summed E-state index contributed by atoms with van der Waals surface area (Å²) in [5.41, 5.74) is 0. The molecule has 0 saturated heterocycles. The van der Waals surface area contributed by atoms with E-state index in [1.807, 2.05) is 0 Å². The summed E-state index contributed by atoms with van der Waals surface area (Å²) in [6.45, 7) is 0. The maximum Gasteiger partial charge on any atom is 0.674 e. The monoisotopic (exact) mass is 267 g/mol. The Morgan fingerprint density at radius 3 is 0.412 bits per heavy atom. The van der Waals surface area contributed by atoms with Gasteiger partial charge in [0.2, 0.25) is 0 Å². The molecule has 0 saturated carbocycles. The van der Waals surface area contributed by atoms with Gasteiger partial charge in [-0.25, -0.2) is 0 Å². The van der Waals surface area contributed by atoms with Crippen LogP contribution in [-0.2, 0) is 0 Å². The van der Waals surface area contributed by atoms with Crippen LogP contribution in [0.1, 0.15) is 0 Å². The second-order valence-corrected chi connectivity index (χ2v) is 1.24. The minimum absolute atomic E-state index is 0. The molecule has 0 bridgehead atoms. The van der Waals surface area contributed by atoms with E-state index in [0.717, 1.165) is 0 Å². The van der Waals surface area contributed by atoms with Gasteiger partial charge in [0.25, 0.3) is 0 Å². The van der Waals surface area contributed by atoms with Gasteiger partial charge < -0.3 is 40.2 Å². The summed E-state index contributed by atoms with van der Waals surface area (Å²) >= 11 is 0. The molecule has 99 valence electrons. The second-order valence-electron chi connectivity index (χ2n) is 1.24. The summed E-state index contributed by atoms with van der Waals surface area (Å²) in [5.74, 6) is 0. The molecule has 0 aliphatic carbocycles. The first kappa shape index (κ1) is 30.1. The van der Waals surface area contributed by atoms with Crippen LogP contribution in [0.25, 0.3) is 0 Å². The number of rotatable bonds is 0. The highest BCUT2D eigenvalue weighted by Crippen LogP contribution is 1.58. The molecule has 0 atom stereocenters. The minimum Gasteiger partial charge on any atom is -0.398 e. The molecule has 17 heteroatoms. The lowest BCUT2D eigenvalue weighted by Gasteiger charge is -1.65. The van der Waals surface area contributed by atoms with Gasteiger partial charge in [0, 0.05) is 8.41 Å². The van der Waals surface area contributed by atoms with Crippen molar-refractivity contribution in [1.29, 1.82) is 0 Å². The molecule has 0 aromatic heterocycles. The molecule has 0 rings (SSSR count). The first-order valence-corrected chi connectivity index (χ1v) is 2.94. The van der Waals surface area contributed by atoms with Crippen molar-refractivity contribution in [1.82, 2.24) is 0 Å². The van der Waals surface area contributed by atoms with E-state index >= 15 is 0 Å². The molecule has 0 fully saturated rings. The van der Waals surface area contributed by atoms with Crippen LogP contribution >= 0.6 is 0 Å². The van der Waals surface area contributed by atoms with E-state index in [1.54, 1.807) is 0 Å². The van der Waals surface area contributed by atoms with E-state index in [1.165, 1.54) is 0 Å². The van der Waals surface area contributed by atoms with E-state index < -0.39 is 29.6 Å². The summed E-state index contributed by atoms with van der Waals surface area (Å²) < 4.78 is 40.4. The summed E-state index contributed by atoms with van der Waals surface area (Å²) in [4.78, 5) is 0. The highest BCUT2D eigenvalue weighted by molar-refractivity contribution is 6.32. The fraction of sp³-hybridized carbons (Fsp3) is 0.